The fourth-order valence-corrected chi connectivity index (χ4v) is 2.89. The van der Waals surface area contributed by atoms with Gasteiger partial charge in [-0.15, -0.1) is 0 Å². The highest BCUT2D eigenvalue weighted by Crippen LogP contribution is 2.20. The zero-order valence-corrected chi connectivity index (χ0v) is 12.2. The Morgan fingerprint density at radius 3 is 2.65 bits per heavy atom. The number of rotatable bonds is 5. The molecular weight excluding hydrogens is 274 g/mol. The van der Waals surface area contributed by atoms with Crippen LogP contribution in [0.5, 0.6) is 0 Å². The van der Waals surface area contributed by atoms with E-state index in [4.69, 9.17) is 0 Å². The normalized spacial score (nSPS) is 11.1. The molecule has 0 aliphatic rings. The maximum Gasteiger partial charge on any atom is 0.262 e. The van der Waals surface area contributed by atoms with E-state index in [0.717, 1.165) is 5.56 Å². The predicted octanol–water partition coefficient (Wildman–Crippen LogP) is 2.62. The van der Waals surface area contributed by atoms with Crippen LogP contribution in [0.2, 0.25) is 0 Å². The summed E-state index contributed by atoms with van der Waals surface area (Å²) >= 11 is 0. The van der Waals surface area contributed by atoms with E-state index in [9.17, 15) is 8.42 Å². The molecule has 0 radical (unpaired) electrons. The van der Waals surface area contributed by atoms with Gasteiger partial charge in [-0.1, -0.05) is 18.2 Å². The highest BCUT2D eigenvalue weighted by atomic mass is 32.2. The number of pyridine rings is 1. The Hall–Kier alpha value is -2.08. The van der Waals surface area contributed by atoms with Crippen LogP contribution in [-0.4, -0.2) is 19.9 Å². The van der Waals surface area contributed by atoms with Crippen LogP contribution >= 0.6 is 0 Å². The van der Waals surface area contributed by atoms with Crippen LogP contribution < -0.4 is 10.0 Å². The Balaban J connectivity index is 2.31. The van der Waals surface area contributed by atoms with Crippen LogP contribution in [0, 0.1) is 6.92 Å². The molecule has 0 saturated carbocycles. The molecule has 106 valence electrons. The lowest BCUT2D eigenvalue weighted by Crippen LogP contribution is -2.14. The molecular formula is C14H17N3O2S. The first-order chi connectivity index (χ1) is 9.53. The molecule has 0 atom stereocenters. The van der Waals surface area contributed by atoms with Gasteiger partial charge >= 0.3 is 0 Å². The molecule has 20 heavy (non-hydrogen) atoms. The van der Waals surface area contributed by atoms with Gasteiger partial charge in [0.15, 0.2) is 0 Å². The first-order valence-corrected chi connectivity index (χ1v) is 7.79. The van der Waals surface area contributed by atoms with Crippen LogP contribution in [0.3, 0.4) is 0 Å². The van der Waals surface area contributed by atoms with Gasteiger partial charge < -0.3 is 5.32 Å². The Kier molecular flexibility index (Phi) is 4.24. The van der Waals surface area contributed by atoms with E-state index in [-0.39, 0.29) is 4.90 Å². The Morgan fingerprint density at radius 1 is 1.20 bits per heavy atom. The number of sulfonamides is 1. The molecule has 0 unspecified atom stereocenters. The third-order valence-corrected chi connectivity index (χ3v) is 4.15. The Labute approximate surface area is 119 Å². The molecule has 0 aliphatic heterocycles. The minimum Gasteiger partial charge on any atom is -0.370 e. The number of nitrogens with one attached hydrogen (secondary N) is 2. The van der Waals surface area contributed by atoms with Crippen molar-refractivity contribution in [1.29, 1.82) is 0 Å². The molecule has 5 nitrogen and oxygen atoms in total. The number of anilines is 2. The average molecular weight is 291 g/mol. The fourth-order valence-electron chi connectivity index (χ4n) is 1.75. The molecule has 0 fully saturated rings. The average Bonchev–Trinajstić information content (AvgIpc) is 2.42. The summed E-state index contributed by atoms with van der Waals surface area (Å²) in [4.78, 5) is 4.25. The lowest BCUT2D eigenvalue weighted by molar-refractivity contribution is 0.601. The van der Waals surface area contributed by atoms with E-state index < -0.39 is 10.0 Å². The lowest BCUT2D eigenvalue weighted by atomic mass is 10.2. The Bertz CT molecular complexity index is 699. The molecule has 1 aromatic heterocycles. The summed E-state index contributed by atoms with van der Waals surface area (Å²) in [7, 11) is -3.61. The number of benzene rings is 1. The molecule has 0 bridgehead atoms. The van der Waals surface area contributed by atoms with Gasteiger partial charge in [-0.3, -0.25) is 4.72 Å². The molecule has 2 N–H and O–H groups in total. The summed E-state index contributed by atoms with van der Waals surface area (Å²) in [6.45, 7) is 4.46. The number of para-hydroxylation sites is 1. The molecule has 2 rings (SSSR count). The SMILES string of the molecule is CCNc1cc(S(=O)(=O)Nc2ccccc2C)ccn1. The van der Waals surface area contributed by atoms with Crippen molar-refractivity contribution in [2.24, 2.45) is 0 Å². The van der Waals surface area contributed by atoms with Gasteiger partial charge in [-0.25, -0.2) is 13.4 Å². The predicted molar refractivity (Wildman–Crippen MR) is 80.4 cm³/mol. The second-order valence-corrected chi connectivity index (χ2v) is 6.01. The highest BCUT2D eigenvalue weighted by molar-refractivity contribution is 7.92. The van der Waals surface area contributed by atoms with Crippen molar-refractivity contribution in [3.63, 3.8) is 0 Å². The lowest BCUT2D eigenvalue weighted by Gasteiger charge is -2.11. The quantitative estimate of drug-likeness (QED) is 0.888. The van der Waals surface area contributed by atoms with Gasteiger partial charge in [0.1, 0.15) is 5.82 Å². The number of aryl methyl sites for hydroxylation is 1. The highest BCUT2D eigenvalue weighted by Gasteiger charge is 2.15. The van der Waals surface area contributed by atoms with Gasteiger partial charge in [0.2, 0.25) is 0 Å². The van der Waals surface area contributed by atoms with Gasteiger partial charge in [-0.2, -0.15) is 0 Å². The molecule has 0 spiro atoms. The number of nitrogens with zero attached hydrogens (tertiary/aromatic N) is 1. The molecule has 0 amide bonds. The smallest absolute Gasteiger partial charge is 0.262 e. The molecule has 6 heteroatoms. The number of hydrogen-bond acceptors (Lipinski definition) is 4. The van der Waals surface area contributed by atoms with Crippen molar-refractivity contribution in [3.8, 4) is 0 Å². The number of hydrogen-bond donors (Lipinski definition) is 2. The minimum atomic E-state index is -3.61. The van der Waals surface area contributed by atoms with Crippen LogP contribution in [0.4, 0.5) is 11.5 Å². The summed E-state index contributed by atoms with van der Waals surface area (Å²) in [5.74, 6) is 0.542. The minimum absolute atomic E-state index is 0.187. The fraction of sp³-hybridized carbons (Fsp3) is 0.214. The van der Waals surface area contributed by atoms with Crippen molar-refractivity contribution in [2.75, 3.05) is 16.6 Å². The van der Waals surface area contributed by atoms with Gasteiger partial charge in [0, 0.05) is 18.8 Å². The zero-order chi connectivity index (χ0) is 14.6. The van der Waals surface area contributed by atoms with Crippen molar-refractivity contribution in [3.05, 3.63) is 48.2 Å². The van der Waals surface area contributed by atoms with E-state index >= 15 is 0 Å². The second-order valence-electron chi connectivity index (χ2n) is 4.33. The van der Waals surface area contributed by atoms with E-state index in [1.54, 1.807) is 12.1 Å². The summed E-state index contributed by atoms with van der Waals surface area (Å²) in [5.41, 5.74) is 1.45. The maximum atomic E-state index is 12.3. The summed E-state index contributed by atoms with van der Waals surface area (Å²) in [6, 6.07) is 10.2. The van der Waals surface area contributed by atoms with E-state index in [2.05, 4.69) is 15.0 Å². The van der Waals surface area contributed by atoms with Crippen LogP contribution in [0.25, 0.3) is 0 Å². The first-order valence-electron chi connectivity index (χ1n) is 6.31. The van der Waals surface area contributed by atoms with E-state index in [1.165, 1.54) is 18.3 Å². The first kappa shape index (κ1) is 14.3. The molecule has 2 aromatic rings. The topological polar surface area (TPSA) is 71.1 Å². The van der Waals surface area contributed by atoms with Crippen LogP contribution in [0.1, 0.15) is 12.5 Å². The van der Waals surface area contributed by atoms with Gasteiger partial charge in [0.25, 0.3) is 10.0 Å². The van der Waals surface area contributed by atoms with Gasteiger partial charge in [-0.05, 0) is 31.5 Å². The van der Waals surface area contributed by atoms with E-state index in [1.807, 2.05) is 26.0 Å². The van der Waals surface area contributed by atoms with E-state index in [0.29, 0.717) is 18.1 Å². The van der Waals surface area contributed by atoms with Crippen LogP contribution in [-0.2, 0) is 10.0 Å². The number of aromatic nitrogens is 1. The zero-order valence-electron chi connectivity index (χ0n) is 11.4. The van der Waals surface area contributed by atoms with Crippen molar-refractivity contribution in [2.45, 2.75) is 18.7 Å². The summed E-state index contributed by atoms with van der Waals surface area (Å²) < 4.78 is 27.3. The third kappa shape index (κ3) is 3.27. The molecule has 1 aromatic carbocycles. The molecule has 0 saturated heterocycles. The second kappa shape index (κ2) is 5.92. The molecule has 0 aliphatic carbocycles. The van der Waals surface area contributed by atoms with Crippen molar-refractivity contribution in [1.82, 2.24) is 4.98 Å². The Morgan fingerprint density at radius 2 is 1.95 bits per heavy atom. The maximum absolute atomic E-state index is 12.3. The largest absolute Gasteiger partial charge is 0.370 e. The summed E-state index contributed by atoms with van der Waals surface area (Å²) in [5, 5.41) is 2.99. The third-order valence-electron chi connectivity index (χ3n) is 2.79. The van der Waals surface area contributed by atoms with Crippen molar-refractivity contribution >= 4 is 21.5 Å². The van der Waals surface area contributed by atoms with Gasteiger partial charge in [0.05, 0.1) is 10.6 Å². The standard InChI is InChI=1S/C14H17N3O2S/c1-3-15-14-10-12(8-9-16-14)20(18,19)17-13-7-5-4-6-11(13)2/h4-10,17H,3H2,1-2H3,(H,15,16). The van der Waals surface area contributed by atoms with Crippen molar-refractivity contribution < 1.29 is 8.42 Å². The summed E-state index contributed by atoms with van der Waals surface area (Å²) in [6.07, 6.45) is 1.48. The molecule has 1 heterocycles. The monoisotopic (exact) mass is 291 g/mol. The van der Waals surface area contributed by atoms with Crippen LogP contribution in [0.15, 0.2) is 47.5 Å².